The Bertz CT molecular complexity index is 1010. The van der Waals surface area contributed by atoms with Crippen molar-refractivity contribution in [1.29, 1.82) is 0 Å². The fraction of sp³-hybridized carbons (Fsp3) is 0.500. The second-order valence-corrected chi connectivity index (χ2v) is 8.50. The largest absolute Gasteiger partial charge is 0.497 e. The summed E-state index contributed by atoms with van der Waals surface area (Å²) in [5.74, 6) is 2.65. The van der Waals surface area contributed by atoms with Crippen LogP contribution in [0, 0.1) is 0 Å². The van der Waals surface area contributed by atoms with Crippen LogP contribution in [0.25, 0.3) is 0 Å². The number of aromatic nitrogens is 2. The van der Waals surface area contributed by atoms with Gasteiger partial charge < -0.3 is 19.9 Å². The first-order chi connectivity index (χ1) is 15.5. The standard InChI is InChI=1S/C24H31N5O3/c1-16(30)28-10-5-7-18(14-28)23-26-21-15-29(11-9-20(21)24(25-2)27-23)22(31)13-17-6-4-8-19(12-17)32-3/h4,6,8,12,18H,5,7,9-11,13-15H2,1-3H3,(H,25,26,27)/t18-/m0/s1. The van der Waals surface area contributed by atoms with E-state index in [2.05, 4.69) is 5.32 Å². The van der Waals surface area contributed by atoms with Gasteiger partial charge in [-0.05, 0) is 37.0 Å². The predicted molar refractivity (Wildman–Crippen MR) is 122 cm³/mol. The minimum absolute atomic E-state index is 0.0792. The number of fused-ring (bicyclic) bond motifs is 1. The molecule has 170 valence electrons. The monoisotopic (exact) mass is 437 g/mol. The quantitative estimate of drug-likeness (QED) is 0.773. The molecule has 1 fully saturated rings. The summed E-state index contributed by atoms with van der Waals surface area (Å²) in [5, 5.41) is 3.22. The Labute approximate surface area is 189 Å². The van der Waals surface area contributed by atoms with Crippen molar-refractivity contribution in [2.75, 3.05) is 39.1 Å². The molecular formula is C24H31N5O3. The van der Waals surface area contributed by atoms with Gasteiger partial charge >= 0.3 is 0 Å². The molecule has 1 N–H and O–H groups in total. The van der Waals surface area contributed by atoms with Crippen LogP contribution in [0.15, 0.2) is 24.3 Å². The molecule has 1 saturated heterocycles. The zero-order chi connectivity index (χ0) is 22.7. The highest BCUT2D eigenvalue weighted by atomic mass is 16.5. The Morgan fingerprint density at radius 3 is 2.81 bits per heavy atom. The topological polar surface area (TPSA) is 87.7 Å². The number of methoxy groups -OCH3 is 1. The molecule has 8 nitrogen and oxygen atoms in total. The third-order valence-electron chi connectivity index (χ3n) is 6.39. The van der Waals surface area contributed by atoms with Gasteiger partial charge in [-0.15, -0.1) is 0 Å². The Morgan fingerprint density at radius 2 is 2.06 bits per heavy atom. The number of nitrogens with zero attached hydrogens (tertiary/aromatic N) is 4. The van der Waals surface area contributed by atoms with Crippen molar-refractivity contribution < 1.29 is 14.3 Å². The average molecular weight is 438 g/mol. The van der Waals surface area contributed by atoms with Gasteiger partial charge in [-0.3, -0.25) is 9.59 Å². The summed E-state index contributed by atoms with van der Waals surface area (Å²) >= 11 is 0. The van der Waals surface area contributed by atoms with Crippen LogP contribution in [0.2, 0.25) is 0 Å². The number of amides is 2. The third kappa shape index (κ3) is 4.69. The van der Waals surface area contributed by atoms with E-state index in [-0.39, 0.29) is 17.7 Å². The molecule has 2 aliphatic heterocycles. The van der Waals surface area contributed by atoms with Gasteiger partial charge in [-0.25, -0.2) is 9.97 Å². The molecule has 8 heteroatoms. The van der Waals surface area contributed by atoms with Gasteiger partial charge in [0.2, 0.25) is 11.8 Å². The molecule has 1 aromatic heterocycles. The number of anilines is 1. The van der Waals surface area contributed by atoms with Crippen LogP contribution in [0.1, 0.15) is 48.3 Å². The van der Waals surface area contributed by atoms with Crippen LogP contribution in [-0.4, -0.2) is 65.4 Å². The second-order valence-electron chi connectivity index (χ2n) is 8.50. The summed E-state index contributed by atoms with van der Waals surface area (Å²) < 4.78 is 5.27. The maximum absolute atomic E-state index is 13.0. The number of likely N-dealkylation sites (tertiary alicyclic amines) is 1. The van der Waals surface area contributed by atoms with Crippen molar-refractivity contribution in [3.63, 3.8) is 0 Å². The number of nitrogens with one attached hydrogen (secondary N) is 1. The summed E-state index contributed by atoms with van der Waals surface area (Å²) in [4.78, 5) is 38.3. The van der Waals surface area contributed by atoms with E-state index in [9.17, 15) is 9.59 Å². The fourth-order valence-electron chi connectivity index (χ4n) is 4.59. The van der Waals surface area contributed by atoms with E-state index in [1.54, 1.807) is 14.0 Å². The summed E-state index contributed by atoms with van der Waals surface area (Å²) in [5.41, 5.74) is 2.93. The van der Waals surface area contributed by atoms with Gasteiger partial charge in [0.1, 0.15) is 17.4 Å². The van der Waals surface area contributed by atoms with Crippen LogP contribution in [0.4, 0.5) is 5.82 Å². The van der Waals surface area contributed by atoms with E-state index < -0.39 is 0 Å². The van der Waals surface area contributed by atoms with Gasteiger partial charge in [-0.1, -0.05) is 12.1 Å². The predicted octanol–water partition coefficient (Wildman–Crippen LogP) is 2.38. The van der Waals surface area contributed by atoms with Gasteiger partial charge in [0.25, 0.3) is 0 Å². The van der Waals surface area contributed by atoms with Crippen LogP contribution in [0.5, 0.6) is 5.75 Å². The molecule has 0 saturated carbocycles. The maximum Gasteiger partial charge on any atom is 0.227 e. The SMILES string of the molecule is CNc1nc([C@H]2CCCN(C(C)=O)C2)nc2c1CCN(C(=O)Cc1cccc(OC)c1)C2. The number of carbonyl (C=O) groups is 2. The zero-order valence-electron chi connectivity index (χ0n) is 19.1. The molecule has 2 amide bonds. The van der Waals surface area contributed by atoms with E-state index >= 15 is 0 Å². The highest BCUT2D eigenvalue weighted by molar-refractivity contribution is 5.79. The normalized spacial score (nSPS) is 18.2. The zero-order valence-corrected chi connectivity index (χ0v) is 19.1. The lowest BCUT2D eigenvalue weighted by Crippen LogP contribution is -2.40. The molecule has 32 heavy (non-hydrogen) atoms. The van der Waals surface area contributed by atoms with Gasteiger partial charge in [0.15, 0.2) is 0 Å². The molecule has 0 aliphatic carbocycles. The molecule has 0 bridgehead atoms. The van der Waals surface area contributed by atoms with E-state index in [1.165, 1.54) is 0 Å². The molecule has 4 rings (SSSR count). The molecule has 2 aliphatic rings. The Morgan fingerprint density at radius 1 is 1.22 bits per heavy atom. The van der Waals surface area contributed by atoms with Crippen molar-refractivity contribution in [3.8, 4) is 5.75 Å². The van der Waals surface area contributed by atoms with Crippen molar-refractivity contribution in [2.45, 2.75) is 45.1 Å². The number of piperidine rings is 1. The molecule has 1 aromatic carbocycles. The van der Waals surface area contributed by atoms with Crippen molar-refractivity contribution in [3.05, 3.63) is 46.9 Å². The molecule has 2 aromatic rings. The molecule has 0 radical (unpaired) electrons. The van der Waals surface area contributed by atoms with E-state index in [0.29, 0.717) is 26.1 Å². The minimum Gasteiger partial charge on any atom is -0.497 e. The van der Waals surface area contributed by atoms with E-state index in [0.717, 1.165) is 60.0 Å². The van der Waals surface area contributed by atoms with Crippen LogP contribution in [0.3, 0.4) is 0 Å². The smallest absolute Gasteiger partial charge is 0.227 e. The minimum atomic E-state index is 0.0792. The number of benzene rings is 1. The van der Waals surface area contributed by atoms with Gasteiger partial charge in [0, 0.05) is 45.1 Å². The molecule has 1 atom stereocenters. The molecule has 0 spiro atoms. The lowest BCUT2D eigenvalue weighted by Gasteiger charge is -2.33. The highest BCUT2D eigenvalue weighted by Crippen LogP contribution is 2.30. The van der Waals surface area contributed by atoms with Crippen molar-refractivity contribution in [2.24, 2.45) is 0 Å². The van der Waals surface area contributed by atoms with Crippen molar-refractivity contribution in [1.82, 2.24) is 19.8 Å². The second kappa shape index (κ2) is 9.54. The Balaban J connectivity index is 1.53. The number of hydrogen-bond acceptors (Lipinski definition) is 6. The lowest BCUT2D eigenvalue weighted by molar-refractivity contribution is -0.131. The molecule has 3 heterocycles. The first kappa shape index (κ1) is 22.0. The first-order valence-electron chi connectivity index (χ1n) is 11.2. The first-order valence-corrected chi connectivity index (χ1v) is 11.2. The Kier molecular flexibility index (Phi) is 6.58. The van der Waals surface area contributed by atoms with Gasteiger partial charge in [-0.2, -0.15) is 0 Å². The van der Waals surface area contributed by atoms with Crippen LogP contribution < -0.4 is 10.1 Å². The van der Waals surface area contributed by atoms with E-state index in [4.69, 9.17) is 14.7 Å². The van der Waals surface area contributed by atoms with Gasteiger partial charge in [0.05, 0.1) is 25.8 Å². The summed E-state index contributed by atoms with van der Waals surface area (Å²) in [6.45, 7) is 4.18. The third-order valence-corrected chi connectivity index (χ3v) is 6.39. The maximum atomic E-state index is 13.0. The number of carbonyl (C=O) groups excluding carboxylic acids is 2. The van der Waals surface area contributed by atoms with Crippen LogP contribution >= 0.6 is 0 Å². The van der Waals surface area contributed by atoms with Crippen molar-refractivity contribution >= 4 is 17.6 Å². The van der Waals surface area contributed by atoms with E-state index in [1.807, 2.05) is 41.1 Å². The average Bonchev–Trinajstić information content (AvgIpc) is 2.83. The summed E-state index contributed by atoms with van der Waals surface area (Å²) in [6, 6.07) is 7.63. The number of rotatable bonds is 5. The summed E-state index contributed by atoms with van der Waals surface area (Å²) in [6.07, 6.45) is 2.97. The molecular weight excluding hydrogens is 406 g/mol. The highest BCUT2D eigenvalue weighted by Gasteiger charge is 2.29. The number of ether oxygens (including phenoxy) is 1. The lowest BCUT2D eigenvalue weighted by atomic mass is 9.96. The number of hydrogen-bond donors (Lipinski definition) is 1. The Hall–Kier alpha value is -3.16. The molecule has 0 unspecified atom stereocenters. The summed E-state index contributed by atoms with van der Waals surface area (Å²) in [7, 11) is 3.50. The fourth-order valence-corrected chi connectivity index (χ4v) is 4.59. The van der Waals surface area contributed by atoms with Crippen LogP contribution in [-0.2, 0) is 29.0 Å².